The summed E-state index contributed by atoms with van der Waals surface area (Å²) in [4.78, 5) is 23.8. The number of benzene rings is 1. The van der Waals surface area contributed by atoms with Crippen molar-refractivity contribution in [2.75, 3.05) is 14.2 Å². The minimum Gasteiger partial charge on any atom is -0.465 e. The Morgan fingerprint density at radius 3 is 2.15 bits per heavy atom. The molecule has 0 atom stereocenters. The zero-order valence-electron chi connectivity index (χ0n) is 11.5. The third-order valence-electron chi connectivity index (χ3n) is 3.02. The first-order valence-electron chi connectivity index (χ1n) is 6.01. The van der Waals surface area contributed by atoms with Crippen molar-refractivity contribution in [3.8, 4) is 11.3 Å². The van der Waals surface area contributed by atoms with Crippen molar-refractivity contribution in [2.24, 2.45) is 7.05 Å². The Morgan fingerprint density at radius 1 is 1.00 bits per heavy atom. The average molecular weight is 273 g/mol. The second kappa shape index (κ2) is 5.61. The maximum Gasteiger partial charge on any atom is 0.340 e. The minimum atomic E-state index is -0.566. The monoisotopic (exact) mass is 273 g/mol. The van der Waals surface area contributed by atoms with Gasteiger partial charge in [-0.1, -0.05) is 30.3 Å². The molecule has 0 N–H and O–H groups in total. The van der Waals surface area contributed by atoms with E-state index in [1.165, 1.54) is 14.2 Å². The van der Waals surface area contributed by atoms with Crippen LogP contribution in [0.25, 0.3) is 11.3 Å². The third kappa shape index (κ3) is 2.30. The van der Waals surface area contributed by atoms with Crippen LogP contribution in [-0.2, 0) is 16.5 Å². The molecule has 20 heavy (non-hydrogen) atoms. The van der Waals surface area contributed by atoms with Gasteiger partial charge >= 0.3 is 11.9 Å². The quantitative estimate of drug-likeness (QED) is 0.805. The van der Waals surface area contributed by atoms with E-state index in [2.05, 4.69) is 0 Å². The maximum atomic E-state index is 12.0. The summed E-state index contributed by atoms with van der Waals surface area (Å²) in [7, 11) is 4.32. The van der Waals surface area contributed by atoms with Crippen molar-refractivity contribution in [3.05, 3.63) is 47.7 Å². The molecule has 104 valence electrons. The van der Waals surface area contributed by atoms with Gasteiger partial charge in [-0.2, -0.15) is 0 Å². The highest BCUT2D eigenvalue weighted by Crippen LogP contribution is 2.28. The number of carbonyl (C=O) groups is 2. The van der Waals surface area contributed by atoms with E-state index in [4.69, 9.17) is 9.47 Å². The molecule has 0 aliphatic heterocycles. The Morgan fingerprint density at radius 2 is 1.60 bits per heavy atom. The van der Waals surface area contributed by atoms with Gasteiger partial charge in [-0.05, 0) is 5.56 Å². The van der Waals surface area contributed by atoms with Crippen molar-refractivity contribution in [3.63, 3.8) is 0 Å². The lowest BCUT2D eigenvalue weighted by atomic mass is 10.0. The molecule has 1 heterocycles. The number of hydrogen-bond donors (Lipinski definition) is 0. The Labute approximate surface area is 116 Å². The van der Waals surface area contributed by atoms with Gasteiger partial charge in [-0.15, -0.1) is 0 Å². The standard InChI is InChI=1S/C15H15NO4/c1-16-9-11(14(17)19-2)12(15(18)20-3)13(16)10-7-5-4-6-8-10/h4-9H,1-3H3. The number of methoxy groups -OCH3 is 2. The molecule has 0 unspecified atom stereocenters. The lowest BCUT2D eigenvalue weighted by molar-refractivity contribution is 0.0557. The lowest BCUT2D eigenvalue weighted by Crippen LogP contribution is -2.10. The molecule has 0 bridgehead atoms. The predicted molar refractivity (Wildman–Crippen MR) is 73.5 cm³/mol. The van der Waals surface area contributed by atoms with E-state index in [1.54, 1.807) is 17.8 Å². The fraction of sp³-hybridized carbons (Fsp3) is 0.200. The van der Waals surface area contributed by atoms with E-state index in [-0.39, 0.29) is 11.1 Å². The summed E-state index contributed by atoms with van der Waals surface area (Å²) < 4.78 is 11.2. The summed E-state index contributed by atoms with van der Waals surface area (Å²) in [6, 6.07) is 9.33. The van der Waals surface area contributed by atoms with E-state index in [0.29, 0.717) is 5.69 Å². The molecular formula is C15H15NO4. The van der Waals surface area contributed by atoms with Crippen LogP contribution in [-0.4, -0.2) is 30.7 Å². The summed E-state index contributed by atoms with van der Waals surface area (Å²) in [5, 5.41) is 0. The van der Waals surface area contributed by atoms with E-state index in [0.717, 1.165) is 5.56 Å². The molecule has 5 heteroatoms. The average Bonchev–Trinajstić information content (AvgIpc) is 2.84. The molecule has 0 aliphatic carbocycles. The highest BCUT2D eigenvalue weighted by Gasteiger charge is 2.26. The Kier molecular flexibility index (Phi) is 3.89. The van der Waals surface area contributed by atoms with Crippen LogP contribution in [0.2, 0.25) is 0 Å². The van der Waals surface area contributed by atoms with Gasteiger partial charge in [0.1, 0.15) is 0 Å². The number of esters is 2. The molecule has 0 spiro atoms. The van der Waals surface area contributed by atoms with Crippen molar-refractivity contribution >= 4 is 11.9 Å². The van der Waals surface area contributed by atoms with Crippen molar-refractivity contribution < 1.29 is 19.1 Å². The van der Waals surface area contributed by atoms with Crippen LogP contribution in [0.3, 0.4) is 0 Å². The maximum absolute atomic E-state index is 12.0. The fourth-order valence-corrected chi connectivity index (χ4v) is 2.14. The molecule has 0 aliphatic rings. The van der Waals surface area contributed by atoms with Gasteiger partial charge in [-0.3, -0.25) is 0 Å². The van der Waals surface area contributed by atoms with Gasteiger partial charge in [0, 0.05) is 13.2 Å². The number of aryl methyl sites for hydroxylation is 1. The summed E-state index contributed by atoms with van der Waals surface area (Å²) in [6.07, 6.45) is 1.57. The van der Waals surface area contributed by atoms with Crippen molar-refractivity contribution in [1.82, 2.24) is 4.57 Å². The Bertz CT molecular complexity index is 643. The van der Waals surface area contributed by atoms with E-state index in [9.17, 15) is 9.59 Å². The summed E-state index contributed by atoms with van der Waals surface area (Å²) >= 11 is 0. The second-order valence-corrected chi connectivity index (χ2v) is 4.23. The first-order chi connectivity index (χ1) is 9.60. The molecule has 5 nitrogen and oxygen atoms in total. The smallest absolute Gasteiger partial charge is 0.340 e. The lowest BCUT2D eigenvalue weighted by Gasteiger charge is -2.07. The predicted octanol–water partition coefficient (Wildman–Crippen LogP) is 2.27. The number of carbonyl (C=O) groups excluding carboxylic acids is 2. The summed E-state index contributed by atoms with van der Waals surface area (Å²) in [5.74, 6) is -1.13. The highest BCUT2D eigenvalue weighted by molar-refractivity contribution is 6.07. The number of hydrogen-bond acceptors (Lipinski definition) is 4. The number of nitrogens with zero attached hydrogens (tertiary/aromatic N) is 1. The van der Waals surface area contributed by atoms with Crippen LogP contribution in [0, 0.1) is 0 Å². The second-order valence-electron chi connectivity index (χ2n) is 4.23. The largest absolute Gasteiger partial charge is 0.465 e. The van der Waals surface area contributed by atoms with Gasteiger partial charge < -0.3 is 14.0 Å². The zero-order chi connectivity index (χ0) is 14.7. The molecule has 1 aromatic heterocycles. The van der Waals surface area contributed by atoms with Crippen LogP contribution in [0.5, 0.6) is 0 Å². The first kappa shape index (κ1) is 13.9. The van der Waals surface area contributed by atoms with Crippen LogP contribution in [0.4, 0.5) is 0 Å². The van der Waals surface area contributed by atoms with E-state index >= 15 is 0 Å². The first-order valence-corrected chi connectivity index (χ1v) is 6.01. The van der Waals surface area contributed by atoms with Gasteiger partial charge in [-0.25, -0.2) is 9.59 Å². The van der Waals surface area contributed by atoms with Crippen LogP contribution < -0.4 is 0 Å². The fourth-order valence-electron chi connectivity index (χ4n) is 2.14. The van der Waals surface area contributed by atoms with Crippen LogP contribution >= 0.6 is 0 Å². The van der Waals surface area contributed by atoms with Gasteiger partial charge in [0.25, 0.3) is 0 Å². The number of aromatic nitrogens is 1. The van der Waals surface area contributed by atoms with E-state index in [1.807, 2.05) is 30.3 Å². The number of ether oxygens (including phenoxy) is 2. The normalized spacial score (nSPS) is 10.2. The Hall–Kier alpha value is -2.56. The molecule has 2 aromatic rings. The van der Waals surface area contributed by atoms with Crippen molar-refractivity contribution in [2.45, 2.75) is 0 Å². The molecule has 0 saturated heterocycles. The molecule has 0 radical (unpaired) electrons. The van der Waals surface area contributed by atoms with Crippen LogP contribution in [0.1, 0.15) is 20.7 Å². The third-order valence-corrected chi connectivity index (χ3v) is 3.02. The molecule has 0 saturated carbocycles. The molecule has 1 aromatic carbocycles. The highest BCUT2D eigenvalue weighted by atomic mass is 16.5. The minimum absolute atomic E-state index is 0.195. The molecule has 0 fully saturated rings. The SMILES string of the molecule is COC(=O)c1cn(C)c(-c2ccccc2)c1C(=O)OC. The summed E-state index contributed by atoms with van der Waals surface area (Å²) in [5.41, 5.74) is 1.86. The van der Waals surface area contributed by atoms with Gasteiger partial charge in [0.2, 0.25) is 0 Å². The van der Waals surface area contributed by atoms with Crippen molar-refractivity contribution in [1.29, 1.82) is 0 Å². The Balaban J connectivity index is 2.71. The van der Waals surface area contributed by atoms with Gasteiger partial charge in [0.05, 0.1) is 31.0 Å². The molecular weight excluding hydrogens is 258 g/mol. The summed E-state index contributed by atoms with van der Waals surface area (Å²) in [6.45, 7) is 0. The van der Waals surface area contributed by atoms with E-state index < -0.39 is 11.9 Å². The zero-order valence-corrected chi connectivity index (χ0v) is 11.5. The topological polar surface area (TPSA) is 57.5 Å². The van der Waals surface area contributed by atoms with Crippen LogP contribution in [0.15, 0.2) is 36.5 Å². The molecule has 0 amide bonds. The number of rotatable bonds is 3. The van der Waals surface area contributed by atoms with Gasteiger partial charge in [0.15, 0.2) is 0 Å². The molecule has 2 rings (SSSR count).